The van der Waals surface area contributed by atoms with Crippen LogP contribution in [0, 0.1) is 0 Å². The second-order valence-corrected chi connectivity index (χ2v) is 5.33. The van der Waals surface area contributed by atoms with E-state index >= 15 is 0 Å². The monoisotopic (exact) mass is 156 g/mol. The molecule has 2 nitrogen and oxygen atoms in total. The molecule has 0 bridgehead atoms. The largest absolute Gasteiger partial charge is 0.388 e. The van der Waals surface area contributed by atoms with Gasteiger partial charge in [0.1, 0.15) is 0 Å². The molecule has 0 N–H and O–H groups in total. The highest BCUT2D eigenvalue weighted by atomic mass is 28.4. The first kappa shape index (κ1) is 7.72. The fourth-order valence-corrected chi connectivity index (χ4v) is 1.90. The summed E-state index contributed by atoms with van der Waals surface area (Å²) in [5.41, 5.74) is 1.81. The van der Waals surface area contributed by atoms with Gasteiger partial charge in [-0.25, -0.2) is 0 Å². The Balaban J connectivity index is 2.55. The average Bonchev–Trinajstić information content (AvgIpc) is 2.15. The maximum absolute atomic E-state index is 5.45. The van der Waals surface area contributed by atoms with E-state index in [9.17, 15) is 0 Å². The minimum absolute atomic E-state index is 0.661. The van der Waals surface area contributed by atoms with Gasteiger partial charge in [0.15, 0.2) is 0 Å². The molecule has 1 aliphatic heterocycles. The van der Waals surface area contributed by atoms with Crippen molar-refractivity contribution in [2.75, 3.05) is 13.2 Å². The smallest absolute Gasteiger partial charge is 0.361 e. The van der Waals surface area contributed by atoms with Crippen molar-refractivity contribution in [1.29, 1.82) is 0 Å². The Morgan fingerprint density at radius 3 is 2.30 bits per heavy atom. The summed E-state index contributed by atoms with van der Waals surface area (Å²) >= 11 is 0. The molecule has 1 rings (SSSR count). The molecular formula is C7H12O2Si. The first-order valence-electron chi connectivity index (χ1n) is 3.33. The second-order valence-electron chi connectivity index (χ2n) is 2.31. The van der Waals surface area contributed by atoms with Crippen molar-refractivity contribution in [3.8, 4) is 0 Å². The zero-order valence-corrected chi connectivity index (χ0v) is 7.17. The highest BCUT2D eigenvalue weighted by molar-refractivity contribution is 6.71. The minimum atomic E-state index is -1.96. The van der Waals surface area contributed by atoms with Crippen LogP contribution in [0.25, 0.3) is 0 Å². The van der Waals surface area contributed by atoms with Gasteiger partial charge in [0.2, 0.25) is 0 Å². The molecule has 0 saturated carbocycles. The van der Waals surface area contributed by atoms with Crippen LogP contribution in [0.3, 0.4) is 0 Å². The van der Waals surface area contributed by atoms with Gasteiger partial charge in [-0.15, -0.1) is 6.58 Å². The van der Waals surface area contributed by atoms with E-state index in [1.807, 2.05) is 18.7 Å². The normalized spacial score (nSPS) is 23.7. The Morgan fingerprint density at radius 2 is 1.90 bits per heavy atom. The second kappa shape index (κ2) is 3.14. The van der Waals surface area contributed by atoms with Gasteiger partial charge in [-0.2, -0.15) is 0 Å². The molecular weight excluding hydrogens is 144 g/mol. The molecule has 3 heteroatoms. The van der Waals surface area contributed by atoms with Gasteiger partial charge in [-0.05, 0) is 12.2 Å². The summed E-state index contributed by atoms with van der Waals surface area (Å²) in [5.74, 6) is 0. The average molecular weight is 156 g/mol. The SMILES string of the molecule is C=C[Si]1(C)OCC=CCO1. The summed E-state index contributed by atoms with van der Waals surface area (Å²) in [6.45, 7) is 7.00. The standard InChI is InChI=1S/C7H12O2Si/c1-3-10(2)8-6-4-5-7-9-10/h3-5H,1,6-7H2,2H3. The van der Waals surface area contributed by atoms with Crippen LogP contribution in [-0.4, -0.2) is 21.8 Å². The summed E-state index contributed by atoms with van der Waals surface area (Å²) in [6, 6.07) is 0. The lowest BCUT2D eigenvalue weighted by Gasteiger charge is -2.19. The predicted molar refractivity (Wildman–Crippen MR) is 42.9 cm³/mol. The van der Waals surface area contributed by atoms with Crippen molar-refractivity contribution >= 4 is 8.56 Å². The summed E-state index contributed by atoms with van der Waals surface area (Å²) in [6.07, 6.45) is 3.95. The molecule has 0 aromatic carbocycles. The lowest BCUT2D eigenvalue weighted by atomic mass is 10.5. The van der Waals surface area contributed by atoms with Gasteiger partial charge >= 0.3 is 8.56 Å². The molecule has 0 atom stereocenters. The molecule has 0 saturated heterocycles. The van der Waals surface area contributed by atoms with E-state index < -0.39 is 8.56 Å². The van der Waals surface area contributed by atoms with Crippen LogP contribution in [0.15, 0.2) is 24.4 Å². The summed E-state index contributed by atoms with van der Waals surface area (Å²) in [4.78, 5) is 0. The number of hydrogen-bond donors (Lipinski definition) is 0. The highest BCUT2D eigenvalue weighted by Gasteiger charge is 2.27. The molecule has 1 aliphatic rings. The Morgan fingerprint density at radius 1 is 1.40 bits per heavy atom. The fourth-order valence-electron chi connectivity index (χ4n) is 0.723. The molecule has 0 radical (unpaired) electrons. The number of rotatable bonds is 1. The first-order chi connectivity index (χ1) is 4.77. The fraction of sp³-hybridized carbons (Fsp3) is 0.429. The van der Waals surface area contributed by atoms with Gasteiger partial charge in [-0.3, -0.25) is 0 Å². The molecule has 0 aromatic heterocycles. The van der Waals surface area contributed by atoms with Crippen molar-refractivity contribution in [2.45, 2.75) is 6.55 Å². The summed E-state index contributed by atoms with van der Waals surface area (Å²) < 4.78 is 10.9. The molecule has 0 aliphatic carbocycles. The molecule has 0 amide bonds. The Labute approximate surface area is 62.4 Å². The summed E-state index contributed by atoms with van der Waals surface area (Å²) in [7, 11) is -1.96. The van der Waals surface area contributed by atoms with Crippen molar-refractivity contribution in [2.24, 2.45) is 0 Å². The van der Waals surface area contributed by atoms with Crippen molar-refractivity contribution in [3.05, 3.63) is 24.4 Å². The molecule has 1 heterocycles. The minimum Gasteiger partial charge on any atom is -0.388 e. The molecule has 56 valence electrons. The van der Waals surface area contributed by atoms with Crippen molar-refractivity contribution < 1.29 is 8.85 Å². The Kier molecular flexibility index (Phi) is 2.42. The Hall–Kier alpha value is -0.383. The van der Waals surface area contributed by atoms with Gasteiger partial charge < -0.3 is 8.85 Å². The van der Waals surface area contributed by atoms with E-state index in [1.165, 1.54) is 0 Å². The first-order valence-corrected chi connectivity index (χ1v) is 5.73. The van der Waals surface area contributed by atoms with Gasteiger partial charge in [0, 0.05) is 0 Å². The van der Waals surface area contributed by atoms with Crippen LogP contribution in [0.1, 0.15) is 0 Å². The third kappa shape index (κ3) is 1.80. The van der Waals surface area contributed by atoms with Crippen LogP contribution in [0.4, 0.5) is 0 Å². The predicted octanol–water partition coefficient (Wildman–Crippen LogP) is 1.39. The van der Waals surface area contributed by atoms with Gasteiger partial charge in [0.25, 0.3) is 0 Å². The van der Waals surface area contributed by atoms with E-state index in [2.05, 4.69) is 6.58 Å². The third-order valence-electron chi connectivity index (χ3n) is 1.47. The molecule has 0 unspecified atom stereocenters. The Bertz CT molecular complexity index is 144. The molecule has 0 fully saturated rings. The van der Waals surface area contributed by atoms with E-state index in [0.717, 1.165) is 0 Å². The highest BCUT2D eigenvalue weighted by Crippen LogP contribution is 2.10. The maximum Gasteiger partial charge on any atom is 0.361 e. The molecule has 0 spiro atoms. The van der Waals surface area contributed by atoms with Crippen LogP contribution in [0.5, 0.6) is 0 Å². The van der Waals surface area contributed by atoms with E-state index in [-0.39, 0.29) is 0 Å². The van der Waals surface area contributed by atoms with Crippen molar-refractivity contribution in [1.82, 2.24) is 0 Å². The van der Waals surface area contributed by atoms with E-state index in [0.29, 0.717) is 13.2 Å². The van der Waals surface area contributed by atoms with Crippen molar-refractivity contribution in [3.63, 3.8) is 0 Å². The van der Waals surface area contributed by atoms with Crippen LogP contribution < -0.4 is 0 Å². The third-order valence-corrected chi connectivity index (χ3v) is 3.69. The maximum atomic E-state index is 5.45. The number of hydrogen-bond acceptors (Lipinski definition) is 2. The van der Waals surface area contributed by atoms with Gasteiger partial charge in [-0.1, -0.05) is 12.2 Å². The topological polar surface area (TPSA) is 18.5 Å². The molecule has 0 aromatic rings. The lowest BCUT2D eigenvalue weighted by Crippen LogP contribution is -2.35. The van der Waals surface area contributed by atoms with Crippen LogP contribution >= 0.6 is 0 Å². The van der Waals surface area contributed by atoms with Gasteiger partial charge in [0.05, 0.1) is 13.2 Å². The van der Waals surface area contributed by atoms with E-state index in [1.54, 1.807) is 5.70 Å². The quantitative estimate of drug-likeness (QED) is 0.422. The summed E-state index contributed by atoms with van der Waals surface area (Å²) in [5, 5.41) is 0. The van der Waals surface area contributed by atoms with E-state index in [4.69, 9.17) is 8.85 Å². The zero-order valence-electron chi connectivity index (χ0n) is 6.17. The van der Waals surface area contributed by atoms with Crippen LogP contribution in [0.2, 0.25) is 6.55 Å². The molecule has 10 heavy (non-hydrogen) atoms. The lowest BCUT2D eigenvalue weighted by molar-refractivity contribution is 0.230. The van der Waals surface area contributed by atoms with Crippen LogP contribution in [-0.2, 0) is 8.85 Å². The zero-order chi connectivity index (χ0) is 7.45.